The van der Waals surface area contributed by atoms with Gasteiger partial charge in [-0.05, 0) is 34.2 Å². The first-order chi connectivity index (χ1) is 13.2. The summed E-state index contributed by atoms with van der Waals surface area (Å²) in [6.45, 7) is 6.80. The second kappa shape index (κ2) is 8.35. The van der Waals surface area contributed by atoms with Crippen LogP contribution in [0.5, 0.6) is 0 Å². The highest BCUT2D eigenvalue weighted by molar-refractivity contribution is 8.00. The second-order valence-electron chi connectivity index (χ2n) is 7.96. The molecule has 1 atom stereocenters. The lowest BCUT2D eigenvalue weighted by atomic mass is 9.87. The predicted octanol–water partition coefficient (Wildman–Crippen LogP) is 4.01. The summed E-state index contributed by atoms with van der Waals surface area (Å²) >= 11 is 1.54. The number of thioether (sulfide) groups is 1. The summed E-state index contributed by atoms with van der Waals surface area (Å²) in [5.74, 6) is -0.199. The maximum Gasteiger partial charge on any atom is 0.239 e. The van der Waals surface area contributed by atoms with Gasteiger partial charge < -0.3 is 10.2 Å². The van der Waals surface area contributed by atoms with Crippen LogP contribution < -0.4 is 5.32 Å². The molecule has 0 aromatic heterocycles. The average Bonchev–Trinajstić information content (AvgIpc) is 3.01. The van der Waals surface area contributed by atoms with Gasteiger partial charge in [-0.3, -0.25) is 9.59 Å². The van der Waals surface area contributed by atoms with Gasteiger partial charge in [0.05, 0.1) is 5.75 Å². The number of rotatable bonds is 5. The number of amides is 2. The SMILES string of the molecule is CC(C)(C)c1ccc(C2SCC(=O)N2CC(=O)NCc2ccc(F)cc2)cc1. The predicted molar refractivity (Wildman–Crippen MR) is 110 cm³/mol. The van der Waals surface area contributed by atoms with Crippen molar-refractivity contribution in [1.82, 2.24) is 10.2 Å². The highest BCUT2D eigenvalue weighted by Gasteiger charge is 2.34. The quantitative estimate of drug-likeness (QED) is 0.825. The van der Waals surface area contributed by atoms with Gasteiger partial charge in [0, 0.05) is 6.54 Å². The molecule has 148 valence electrons. The standard InChI is InChI=1S/C22H25FN2O2S/c1-22(2,3)17-8-6-16(7-9-17)21-25(20(27)14-28-21)13-19(26)24-12-15-4-10-18(23)11-5-15/h4-11,21H,12-14H2,1-3H3,(H,24,26). The zero-order chi connectivity index (χ0) is 20.3. The number of nitrogens with zero attached hydrogens (tertiary/aromatic N) is 1. The molecule has 6 heteroatoms. The number of nitrogens with one attached hydrogen (secondary N) is 1. The van der Waals surface area contributed by atoms with E-state index in [0.717, 1.165) is 11.1 Å². The van der Waals surface area contributed by atoms with Crippen molar-refractivity contribution in [3.8, 4) is 0 Å². The molecule has 0 aliphatic carbocycles. The molecule has 28 heavy (non-hydrogen) atoms. The van der Waals surface area contributed by atoms with Crippen molar-refractivity contribution >= 4 is 23.6 Å². The van der Waals surface area contributed by atoms with Crippen molar-refractivity contribution in [2.45, 2.75) is 38.1 Å². The second-order valence-corrected chi connectivity index (χ2v) is 9.03. The lowest BCUT2D eigenvalue weighted by Crippen LogP contribution is -2.39. The number of halogens is 1. The summed E-state index contributed by atoms with van der Waals surface area (Å²) in [6.07, 6.45) is 0. The third-order valence-corrected chi connectivity index (χ3v) is 6.00. The Morgan fingerprint density at radius 2 is 1.79 bits per heavy atom. The Bertz CT molecular complexity index is 844. The van der Waals surface area contributed by atoms with Crippen LogP contribution in [0.4, 0.5) is 4.39 Å². The van der Waals surface area contributed by atoms with E-state index in [1.165, 1.54) is 29.5 Å². The molecule has 0 bridgehead atoms. The van der Waals surface area contributed by atoms with Gasteiger partial charge in [-0.15, -0.1) is 11.8 Å². The maximum absolute atomic E-state index is 13.0. The zero-order valence-corrected chi connectivity index (χ0v) is 17.2. The molecule has 1 unspecified atom stereocenters. The van der Waals surface area contributed by atoms with Gasteiger partial charge in [-0.1, -0.05) is 57.2 Å². The van der Waals surface area contributed by atoms with Gasteiger partial charge in [0.2, 0.25) is 11.8 Å². The van der Waals surface area contributed by atoms with Crippen LogP contribution in [0.3, 0.4) is 0 Å². The summed E-state index contributed by atoms with van der Waals surface area (Å²) in [5.41, 5.74) is 3.13. The Morgan fingerprint density at radius 3 is 2.39 bits per heavy atom. The Balaban J connectivity index is 1.63. The fraction of sp³-hybridized carbons (Fsp3) is 0.364. The van der Waals surface area contributed by atoms with Crippen molar-refractivity contribution in [3.63, 3.8) is 0 Å². The normalized spacial score (nSPS) is 17.1. The lowest BCUT2D eigenvalue weighted by molar-refractivity contribution is -0.133. The minimum Gasteiger partial charge on any atom is -0.350 e. The lowest BCUT2D eigenvalue weighted by Gasteiger charge is -2.25. The highest BCUT2D eigenvalue weighted by atomic mass is 32.2. The fourth-order valence-corrected chi connectivity index (χ4v) is 4.25. The van der Waals surface area contributed by atoms with E-state index in [1.807, 2.05) is 12.1 Å². The van der Waals surface area contributed by atoms with Crippen molar-refractivity contribution in [2.24, 2.45) is 0 Å². The minimum absolute atomic E-state index is 0.0126. The Morgan fingerprint density at radius 1 is 1.14 bits per heavy atom. The molecule has 2 aromatic carbocycles. The van der Waals surface area contributed by atoms with Crippen LogP contribution in [0.2, 0.25) is 0 Å². The van der Waals surface area contributed by atoms with E-state index in [0.29, 0.717) is 12.3 Å². The van der Waals surface area contributed by atoms with Crippen LogP contribution in [0.1, 0.15) is 42.8 Å². The van der Waals surface area contributed by atoms with E-state index in [-0.39, 0.29) is 35.0 Å². The molecule has 1 heterocycles. The number of carbonyl (C=O) groups is 2. The van der Waals surface area contributed by atoms with Crippen molar-refractivity contribution < 1.29 is 14.0 Å². The molecular formula is C22H25FN2O2S. The first kappa shape index (κ1) is 20.4. The molecule has 1 N–H and O–H groups in total. The van der Waals surface area contributed by atoms with E-state index in [4.69, 9.17) is 0 Å². The number of carbonyl (C=O) groups excluding carboxylic acids is 2. The van der Waals surface area contributed by atoms with Gasteiger partial charge >= 0.3 is 0 Å². The van der Waals surface area contributed by atoms with E-state index in [1.54, 1.807) is 17.0 Å². The largest absolute Gasteiger partial charge is 0.350 e. The summed E-state index contributed by atoms with van der Waals surface area (Å²) in [4.78, 5) is 26.3. The summed E-state index contributed by atoms with van der Waals surface area (Å²) in [5, 5.41) is 2.65. The molecular weight excluding hydrogens is 375 g/mol. The van der Waals surface area contributed by atoms with Crippen LogP contribution >= 0.6 is 11.8 Å². The average molecular weight is 401 g/mol. The minimum atomic E-state index is -0.310. The van der Waals surface area contributed by atoms with Crippen LogP contribution in [0, 0.1) is 5.82 Å². The summed E-state index contributed by atoms with van der Waals surface area (Å²) < 4.78 is 13.0. The van der Waals surface area contributed by atoms with E-state index in [9.17, 15) is 14.0 Å². The third-order valence-electron chi connectivity index (χ3n) is 4.75. The topological polar surface area (TPSA) is 49.4 Å². The monoisotopic (exact) mass is 400 g/mol. The molecule has 1 fully saturated rings. The molecule has 0 spiro atoms. The van der Waals surface area contributed by atoms with Crippen molar-refractivity contribution in [3.05, 3.63) is 71.0 Å². The first-order valence-electron chi connectivity index (χ1n) is 9.27. The van der Waals surface area contributed by atoms with Gasteiger partial charge in [-0.25, -0.2) is 4.39 Å². The van der Waals surface area contributed by atoms with Crippen molar-refractivity contribution in [2.75, 3.05) is 12.3 Å². The fourth-order valence-electron chi connectivity index (χ4n) is 3.06. The number of hydrogen-bond donors (Lipinski definition) is 1. The molecule has 2 aromatic rings. The number of hydrogen-bond acceptors (Lipinski definition) is 3. The first-order valence-corrected chi connectivity index (χ1v) is 10.3. The third kappa shape index (κ3) is 4.93. The summed E-state index contributed by atoms with van der Waals surface area (Å²) in [6, 6.07) is 14.2. The Hall–Kier alpha value is -2.34. The summed E-state index contributed by atoms with van der Waals surface area (Å²) in [7, 11) is 0. The van der Waals surface area contributed by atoms with Crippen LogP contribution in [0.25, 0.3) is 0 Å². The van der Waals surface area contributed by atoms with Gasteiger partial charge in [-0.2, -0.15) is 0 Å². The number of benzene rings is 2. The van der Waals surface area contributed by atoms with Gasteiger partial charge in [0.25, 0.3) is 0 Å². The van der Waals surface area contributed by atoms with Gasteiger partial charge in [0.1, 0.15) is 17.7 Å². The van der Waals surface area contributed by atoms with Gasteiger partial charge in [0.15, 0.2) is 0 Å². The molecule has 1 aliphatic rings. The van der Waals surface area contributed by atoms with Crippen LogP contribution in [0.15, 0.2) is 48.5 Å². The molecule has 1 aliphatic heterocycles. The maximum atomic E-state index is 13.0. The molecule has 0 radical (unpaired) electrons. The van der Waals surface area contributed by atoms with Crippen molar-refractivity contribution in [1.29, 1.82) is 0 Å². The van der Waals surface area contributed by atoms with E-state index < -0.39 is 0 Å². The van der Waals surface area contributed by atoms with Crippen LogP contribution in [-0.2, 0) is 21.5 Å². The van der Waals surface area contributed by atoms with E-state index in [2.05, 4.69) is 38.2 Å². The highest BCUT2D eigenvalue weighted by Crippen LogP contribution is 2.39. The van der Waals surface area contributed by atoms with Crippen LogP contribution in [-0.4, -0.2) is 29.0 Å². The zero-order valence-electron chi connectivity index (χ0n) is 16.4. The molecule has 3 rings (SSSR count). The molecule has 2 amide bonds. The Labute approximate surface area is 169 Å². The Kier molecular flexibility index (Phi) is 6.08. The smallest absolute Gasteiger partial charge is 0.239 e. The molecule has 0 saturated carbocycles. The van der Waals surface area contributed by atoms with E-state index >= 15 is 0 Å². The molecule has 1 saturated heterocycles. The molecule has 4 nitrogen and oxygen atoms in total.